The first-order chi connectivity index (χ1) is 8.97. The number of hydrogen-bond donors (Lipinski definition) is 2. The fourth-order valence-electron chi connectivity index (χ4n) is 2.40. The monoisotopic (exact) mass is 321 g/mol. The quantitative estimate of drug-likeness (QED) is 0.762. The van der Waals surface area contributed by atoms with E-state index >= 15 is 0 Å². The molecule has 19 heavy (non-hydrogen) atoms. The standard InChI is InChI=1S/C13H12BrN3O2/c1-6-3-7(2)11-9(4-6)17-12(14)8(5-10(18)19)15-13(17)16-11/h3-4H,5H2,1-2H3,(H,15,16)(H,18,19). The summed E-state index contributed by atoms with van der Waals surface area (Å²) < 4.78 is 2.63. The van der Waals surface area contributed by atoms with Gasteiger partial charge >= 0.3 is 5.97 Å². The summed E-state index contributed by atoms with van der Waals surface area (Å²) in [7, 11) is 0. The van der Waals surface area contributed by atoms with Crippen LogP contribution < -0.4 is 0 Å². The summed E-state index contributed by atoms with van der Waals surface area (Å²) in [6, 6.07) is 4.13. The van der Waals surface area contributed by atoms with Crippen molar-refractivity contribution < 1.29 is 9.90 Å². The molecule has 98 valence electrons. The lowest BCUT2D eigenvalue weighted by Gasteiger charge is -2.00. The van der Waals surface area contributed by atoms with Crippen molar-refractivity contribution in [1.29, 1.82) is 0 Å². The van der Waals surface area contributed by atoms with Crippen LogP contribution in [0.25, 0.3) is 16.8 Å². The van der Waals surface area contributed by atoms with Gasteiger partial charge in [0, 0.05) is 0 Å². The minimum Gasteiger partial charge on any atom is -0.481 e. The van der Waals surface area contributed by atoms with Gasteiger partial charge in [-0.25, -0.2) is 4.98 Å². The summed E-state index contributed by atoms with van der Waals surface area (Å²) in [4.78, 5) is 18.4. The normalized spacial score (nSPS) is 11.5. The zero-order chi connectivity index (χ0) is 13.7. The van der Waals surface area contributed by atoms with Gasteiger partial charge in [-0.3, -0.25) is 9.20 Å². The number of hydrogen-bond acceptors (Lipinski definition) is 2. The van der Waals surface area contributed by atoms with E-state index in [0.29, 0.717) is 11.5 Å². The SMILES string of the molecule is Cc1cc(C)c2nc3[nH]c(CC(=O)O)c(Br)n3c2c1. The number of H-pyrrole nitrogens is 1. The molecule has 0 saturated heterocycles. The summed E-state index contributed by atoms with van der Waals surface area (Å²) in [5.41, 5.74) is 4.79. The van der Waals surface area contributed by atoms with Crippen LogP contribution in [0.15, 0.2) is 16.7 Å². The van der Waals surface area contributed by atoms with Gasteiger partial charge in [0.25, 0.3) is 0 Å². The molecule has 0 aliphatic rings. The van der Waals surface area contributed by atoms with E-state index < -0.39 is 5.97 Å². The molecule has 2 aromatic heterocycles. The van der Waals surface area contributed by atoms with Crippen molar-refractivity contribution in [1.82, 2.24) is 14.4 Å². The predicted octanol–water partition coefficient (Wildman–Crippen LogP) is 2.82. The third-order valence-electron chi connectivity index (χ3n) is 3.13. The number of fused-ring (bicyclic) bond motifs is 3. The molecular formula is C13H12BrN3O2. The maximum atomic E-state index is 10.8. The number of aryl methyl sites for hydroxylation is 2. The van der Waals surface area contributed by atoms with E-state index in [1.165, 1.54) is 0 Å². The Kier molecular flexibility index (Phi) is 2.63. The predicted molar refractivity (Wildman–Crippen MR) is 75.6 cm³/mol. The molecule has 3 aromatic rings. The third-order valence-corrected chi connectivity index (χ3v) is 3.96. The lowest BCUT2D eigenvalue weighted by Crippen LogP contribution is -2.01. The fraction of sp³-hybridized carbons (Fsp3) is 0.231. The molecule has 0 spiro atoms. The molecule has 2 N–H and O–H groups in total. The topological polar surface area (TPSA) is 70.4 Å². The van der Waals surface area contributed by atoms with Gasteiger partial charge in [-0.2, -0.15) is 0 Å². The smallest absolute Gasteiger partial charge is 0.309 e. The van der Waals surface area contributed by atoms with Crippen LogP contribution in [0.1, 0.15) is 16.8 Å². The first-order valence-electron chi connectivity index (χ1n) is 5.85. The highest BCUT2D eigenvalue weighted by Gasteiger charge is 2.17. The Morgan fingerprint density at radius 3 is 2.89 bits per heavy atom. The Labute approximate surface area is 117 Å². The summed E-state index contributed by atoms with van der Waals surface area (Å²) in [5.74, 6) is -0.214. The van der Waals surface area contributed by atoms with Crippen LogP contribution in [0.5, 0.6) is 0 Å². The maximum absolute atomic E-state index is 10.8. The largest absolute Gasteiger partial charge is 0.481 e. The Morgan fingerprint density at radius 1 is 1.47 bits per heavy atom. The van der Waals surface area contributed by atoms with E-state index in [9.17, 15) is 4.79 Å². The van der Waals surface area contributed by atoms with Crippen LogP contribution in [0.2, 0.25) is 0 Å². The molecule has 0 amide bonds. The Balaban J connectivity index is 2.35. The highest BCUT2D eigenvalue weighted by Crippen LogP contribution is 2.27. The van der Waals surface area contributed by atoms with Crippen molar-refractivity contribution in [2.24, 2.45) is 0 Å². The van der Waals surface area contributed by atoms with E-state index in [1.807, 2.05) is 24.3 Å². The Bertz CT molecular complexity index is 816. The van der Waals surface area contributed by atoms with Gasteiger partial charge < -0.3 is 10.1 Å². The number of carbonyl (C=O) groups is 1. The number of aromatic amines is 1. The van der Waals surface area contributed by atoms with Crippen LogP contribution in [0, 0.1) is 13.8 Å². The maximum Gasteiger partial charge on any atom is 0.309 e. The summed E-state index contributed by atoms with van der Waals surface area (Å²) in [6.45, 7) is 4.05. The van der Waals surface area contributed by atoms with Gasteiger partial charge in [-0.15, -0.1) is 0 Å². The zero-order valence-corrected chi connectivity index (χ0v) is 12.1. The average Bonchev–Trinajstić information content (AvgIpc) is 2.78. The Morgan fingerprint density at radius 2 is 2.21 bits per heavy atom. The molecule has 0 saturated carbocycles. The van der Waals surface area contributed by atoms with Gasteiger partial charge in [0.05, 0.1) is 23.1 Å². The molecule has 0 aliphatic carbocycles. The molecule has 0 bridgehead atoms. The second-order valence-corrected chi connectivity index (χ2v) is 5.44. The Hall–Kier alpha value is -1.82. The summed E-state index contributed by atoms with van der Waals surface area (Å²) >= 11 is 3.46. The summed E-state index contributed by atoms with van der Waals surface area (Å²) in [6.07, 6.45) is -0.0593. The molecule has 0 radical (unpaired) electrons. The first-order valence-corrected chi connectivity index (χ1v) is 6.64. The number of carboxylic acids is 1. The lowest BCUT2D eigenvalue weighted by atomic mass is 10.1. The molecule has 5 nitrogen and oxygen atoms in total. The van der Waals surface area contributed by atoms with Gasteiger partial charge in [0.15, 0.2) is 0 Å². The number of aliphatic carboxylic acids is 1. The third kappa shape index (κ3) is 1.83. The van der Waals surface area contributed by atoms with Gasteiger partial charge in [0.2, 0.25) is 5.78 Å². The number of nitrogens with one attached hydrogen (secondary N) is 1. The number of imidazole rings is 2. The molecule has 0 aliphatic heterocycles. The van der Waals surface area contributed by atoms with Crippen LogP contribution >= 0.6 is 15.9 Å². The van der Waals surface area contributed by atoms with Gasteiger partial charge in [-0.1, -0.05) is 6.07 Å². The fourth-order valence-corrected chi connectivity index (χ4v) is 2.99. The molecule has 0 fully saturated rings. The van der Waals surface area contributed by atoms with Gasteiger partial charge in [0.1, 0.15) is 4.60 Å². The molecule has 6 heteroatoms. The van der Waals surface area contributed by atoms with Crippen LogP contribution in [-0.4, -0.2) is 25.4 Å². The molecular weight excluding hydrogens is 310 g/mol. The van der Waals surface area contributed by atoms with E-state index in [2.05, 4.69) is 32.0 Å². The van der Waals surface area contributed by atoms with Crippen molar-refractivity contribution in [3.8, 4) is 0 Å². The number of rotatable bonds is 2. The molecule has 3 rings (SSSR count). The van der Waals surface area contributed by atoms with Crippen LogP contribution in [0.3, 0.4) is 0 Å². The number of aromatic nitrogens is 3. The summed E-state index contributed by atoms with van der Waals surface area (Å²) in [5, 5.41) is 8.89. The van der Waals surface area contributed by atoms with E-state index in [4.69, 9.17) is 5.11 Å². The number of halogens is 1. The lowest BCUT2D eigenvalue weighted by molar-refractivity contribution is -0.136. The van der Waals surface area contributed by atoms with Crippen molar-refractivity contribution in [2.75, 3.05) is 0 Å². The number of carboxylic acid groups (broad SMARTS) is 1. The number of benzene rings is 1. The molecule has 0 unspecified atom stereocenters. The zero-order valence-electron chi connectivity index (χ0n) is 10.5. The minimum atomic E-state index is -0.873. The van der Waals surface area contributed by atoms with Crippen molar-refractivity contribution in [3.63, 3.8) is 0 Å². The second kappa shape index (κ2) is 4.09. The number of nitrogens with zero attached hydrogens (tertiary/aromatic N) is 2. The van der Waals surface area contributed by atoms with Crippen molar-refractivity contribution in [3.05, 3.63) is 33.6 Å². The highest BCUT2D eigenvalue weighted by atomic mass is 79.9. The van der Waals surface area contributed by atoms with E-state index in [-0.39, 0.29) is 6.42 Å². The molecule has 2 heterocycles. The van der Waals surface area contributed by atoms with E-state index in [0.717, 1.165) is 26.8 Å². The molecule has 1 aromatic carbocycles. The van der Waals surface area contributed by atoms with Crippen molar-refractivity contribution >= 4 is 38.7 Å². The minimum absolute atomic E-state index is 0.0593. The average molecular weight is 322 g/mol. The second-order valence-electron chi connectivity index (χ2n) is 4.69. The highest BCUT2D eigenvalue weighted by molar-refractivity contribution is 9.10. The van der Waals surface area contributed by atoms with Gasteiger partial charge in [-0.05, 0) is 47.0 Å². The first kappa shape index (κ1) is 12.2. The van der Waals surface area contributed by atoms with E-state index in [1.54, 1.807) is 0 Å². The van der Waals surface area contributed by atoms with Crippen LogP contribution in [-0.2, 0) is 11.2 Å². The van der Waals surface area contributed by atoms with Crippen LogP contribution in [0.4, 0.5) is 0 Å². The van der Waals surface area contributed by atoms with Crippen molar-refractivity contribution in [2.45, 2.75) is 20.3 Å². The molecule has 0 atom stereocenters.